The van der Waals surface area contributed by atoms with Crippen molar-refractivity contribution >= 4 is 6.09 Å². The van der Waals surface area contributed by atoms with E-state index in [1.807, 2.05) is 12.1 Å². The second-order valence-corrected chi connectivity index (χ2v) is 5.52. The fourth-order valence-electron chi connectivity index (χ4n) is 2.83. The van der Waals surface area contributed by atoms with Crippen LogP contribution >= 0.6 is 0 Å². The van der Waals surface area contributed by atoms with Crippen molar-refractivity contribution in [2.24, 2.45) is 11.7 Å². The molecule has 19 heavy (non-hydrogen) atoms. The highest BCUT2D eigenvalue weighted by molar-refractivity contribution is 5.68. The van der Waals surface area contributed by atoms with Crippen molar-refractivity contribution in [2.45, 2.75) is 31.9 Å². The number of benzene rings is 1. The van der Waals surface area contributed by atoms with Gasteiger partial charge in [-0.05, 0) is 42.9 Å². The molecule has 0 aromatic heterocycles. The molecule has 1 aromatic rings. The Morgan fingerprint density at radius 2 is 2.05 bits per heavy atom. The molecule has 0 unspecified atom stereocenters. The number of nitrogens with zero attached hydrogens (tertiary/aromatic N) is 1. The molecule has 0 bridgehead atoms. The molecule has 1 saturated carbocycles. The van der Waals surface area contributed by atoms with Gasteiger partial charge in [0.25, 0.3) is 0 Å². The molecule has 1 aromatic carbocycles. The van der Waals surface area contributed by atoms with Crippen LogP contribution in [0.2, 0.25) is 0 Å². The van der Waals surface area contributed by atoms with E-state index < -0.39 is 0 Å². The second-order valence-electron chi connectivity index (χ2n) is 5.52. The highest BCUT2D eigenvalue weighted by Crippen LogP contribution is 2.30. The van der Waals surface area contributed by atoms with Crippen LogP contribution in [0.3, 0.4) is 0 Å². The third kappa shape index (κ3) is 2.59. The van der Waals surface area contributed by atoms with Crippen molar-refractivity contribution in [3.63, 3.8) is 0 Å². The SMILES string of the molecule is NCC1CC(OC(=O)N2CCc3ccccc3C2)C1. The Hall–Kier alpha value is -1.55. The minimum absolute atomic E-state index is 0.0817. The van der Waals surface area contributed by atoms with Gasteiger partial charge in [0, 0.05) is 13.1 Å². The lowest BCUT2D eigenvalue weighted by atomic mass is 9.82. The molecule has 1 fully saturated rings. The topological polar surface area (TPSA) is 55.6 Å². The summed E-state index contributed by atoms with van der Waals surface area (Å²) < 4.78 is 5.50. The van der Waals surface area contributed by atoms with Crippen LogP contribution in [0.5, 0.6) is 0 Å². The molecule has 4 nitrogen and oxygen atoms in total. The zero-order valence-corrected chi connectivity index (χ0v) is 11.0. The summed E-state index contributed by atoms with van der Waals surface area (Å²) in [6, 6.07) is 8.29. The summed E-state index contributed by atoms with van der Waals surface area (Å²) in [6.45, 7) is 2.12. The molecule has 1 amide bonds. The molecule has 2 aliphatic rings. The largest absolute Gasteiger partial charge is 0.446 e. The molecular formula is C15H20N2O2. The quantitative estimate of drug-likeness (QED) is 0.884. The van der Waals surface area contributed by atoms with Gasteiger partial charge in [-0.3, -0.25) is 0 Å². The van der Waals surface area contributed by atoms with Crippen molar-refractivity contribution in [2.75, 3.05) is 13.1 Å². The van der Waals surface area contributed by atoms with E-state index in [1.54, 1.807) is 4.90 Å². The third-order valence-corrected chi connectivity index (χ3v) is 4.18. The van der Waals surface area contributed by atoms with Gasteiger partial charge in [-0.15, -0.1) is 0 Å². The van der Waals surface area contributed by atoms with E-state index in [2.05, 4.69) is 12.1 Å². The summed E-state index contributed by atoms with van der Waals surface area (Å²) >= 11 is 0. The predicted molar refractivity (Wildman–Crippen MR) is 72.6 cm³/mol. The van der Waals surface area contributed by atoms with E-state index >= 15 is 0 Å². The number of carbonyl (C=O) groups is 1. The highest BCUT2D eigenvalue weighted by Gasteiger charge is 2.33. The van der Waals surface area contributed by atoms with Gasteiger partial charge in [-0.2, -0.15) is 0 Å². The Morgan fingerprint density at radius 3 is 2.79 bits per heavy atom. The molecule has 102 valence electrons. The first-order valence-electron chi connectivity index (χ1n) is 6.98. The van der Waals surface area contributed by atoms with E-state index in [9.17, 15) is 4.79 Å². The van der Waals surface area contributed by atoms with Gasteiger partial charge in [0.1, 0.15) is 6.10 Å². The zero-order chi connectivity index (χ0) is 13.2. The summed E-state index contributed by atoms with van der Waals surface area (Å²) in [6.07, 6.45) is 2.67. The van der Waals surface area contributed by atoms with Gasteiger partial charge < -0.3 is 15.4 Å². The fourth-order valence-corrected chi connectivity index (χ4v) is 2.83. The fraction of sp³-hybridized carbons (Fsp3) is 0.533. The molecule has 4 heteroatoms. The Kier molecular flexibility index (Phi) is 3.42. The number of ether oxygens (including phenoxy) is 1. The van der Waals surface area contributed by atoms with Crippen molar-refractivity contribution < 1.29 is 9.53 Å². The molecular weight excluding hydrogens is 240 g/mol. The van der Waals surface area contributed by atoms with Crippen molar-refractivity contribution in [3.8, 4) is 0 Å². The van der Waals surface area contributed by atoms with E-state index in [4.69, 9.17) is 10.5 Å². The van der Waals surface area contributed by atoms with Gasteiger partial charge in [0.05, 0.1) is 0 Å². The van der Waals surface area contributed by atoms with E-state index in [0.717, 1.165) is 25.8 Å². The monoisotopic (exact) mass is 260 g/mol. The molecule has 3 rings (SSSR count). The van der Waals surface area contributed by atoms with Crippen LogP contribution in [0, 0.1) is 5.92 Å². The molecule has 0 spiro atoms. The molecule has 0 radical (unpaired) electrons. The van der Waals surface area contributed by atoms with Crippen LogP contribution in [0.1, 0.15) is 24.0 Å². The van der Waals surface area contributed by atoms with Gasteiger partial charge >= 0.3 is 6.09 Å². The zero-order valence-electron chi connectivity index (χ0n) is 11.0. The summed E-state index contributed by atoms with van der Waals surface area (Å²) in [5.74, 6) is 0.542. The van der Waals surface area contributed by atoms with Gasteiger partial charge in [0.2, 0.25) is 0 Å². The average Bonchev–Trinajstić information content (AvgIpc) is 2.41. The van der Waals surface area contributed by atoms with Crippen LogP contribution in [0.25, 0.3) is 0 Å². The first kappa shape index (κ1) is 12.5. The first-order valence-corrected chi connectivity index (χ1v) is 6.98. The number of rotatable bonds is 2. The van der Waals surface area contributed by atoms with Gasteiger partial charge in [-0.1, -0.05) is 24.3 Å². The lowest BCUT2D eigenvalue weighted by molar-refractivity contribution is -0.00107. The normalized spacial score (nSPS) is 25.4. The number of nitrogens with two attached hydrogens (primary N) is 1. The predicted octanol–water partition coefficient (Wildman–Crippen LogP) is 1.92. The molecule has 1 aliphatic heterocycles. The van der Waals surface area contributed by atoms with Crippen LogP contribution in [0.4, 0.5) is 4.79 Å². The number of hydrogen-bond acceptors (Lipinski definition) is 3. The van der Waals surface area contributed by atoms with E-state index in [-0.39, 0.29) is 12.2 Å². The molecule has 0 saturated heterocycles. The lowest BCUT2D eigenvalue weighted by Crippen LogP contribution is -2.42. The smallest absolute Gasteiger partial charge is 0.410 e. The van der Waals surface area contributed by atoms with Crippen LogP contribution in [-0.2, 0) is 17.7 Å². The minimum atomic E-state index is -0.171. The maximum Gasteiger partial charge on any atom is 0.410 e. The molecule has 2 N–H and O–H groups in total. The lowest BCUT2D eigenvalue weighted by Gasteiger charge is -2.36. The molecule has 0 atom stereocenters. The van der Waals surface area contributed by atoms with E-state index in [1.165, 1.54) is 11.1 Å². The summed E-state index contributed by atoms with van der Waals surface area (Å²) in [5, 5.41) is 0. The molecule has 1 aliphatic carbocycles. The minimum Gasteiger partial charge on any atom is -0.446 e. The van der Waals surface area contributed by atoms with E-state index in [0.29, 0.717) is 19.0 Å². The third-order valence-electron chi connectivity index (χ3n) is 4.18. The first-order chi connectivity index (χ1) is 9.26. The maximum absolute atomic E-state index is 12.1. The second kappa shape index (κ2) is 5.21. The summed E-state index contributed by atoms with van der Waals surface area (Å²) in [7, 11) is 0. The standard InChI is InChI=1S/C15H20N2O2/c16-9-11-7-14(8-11)19-15(18)17-6-5-12-3-1-2-4-13(12)10-17/h1-4,11,14H,5-10,16H2. The Bertz CT molecular complexity index is 469. The van der Waals surface area contributed by atoms with Crippen molar-refractivity contribution in [1.82, 2.24) is 4.90 Å². The summed E-state index contributed by atoms with van der Waals surface area (Å²) in [4.78, 5) is 13.9. The highest BCUT2D eigenvalue weighted by atomic mass is 16.6. The summed E-state index contributed by atoms with van der Waals surface area (Å²) in [5.41, 5.74) is 8.15. The van der Waals surface area contributed by atoms with Crippen LogP contribution < -0.4 is 5.73 Å². The maximum atomic E-state index is 12.1. The Labute approximate surface area is 113 Å². The van der Waals surface area contributed by atoms with Crippen molar-refractivity contribution in [3.05, 3.63) is 35.4 Å². The van der Waals surface area contributed by atoms with Gasteiger partial charge in [0.15, 0.2) is 0 Å². The van der Waals surface area contributed by atoms with Crippen molar-refractivity contribution in [1.29, 1.82) is 0 Å². The van der Waals surface area contributed by atoms with Crippen LogP contribution in [0.15, 0.2) is 24.3 Å². The number of hydrogen-bond donors (Lipinski definition) is 1. The van der Waals surface area contributed by atoms with Crippen LogP contribution in [-0.4, -0.2) is 30.2 Å². The average molecular weight is 260 g/mol. The molecule has 1 heterocycles. The number of amides is 1. The Balaban J connectivity index is 1.55. The van der Waals surface area contributed by atoms with Gasteiger partial charge in [-0.25, -0.2) is 4.79 Å². The Morgan fingerprint density at radius 1 is 1.32 bits per heavy atom. The number of carbonyl (C=O) groups excluding carboxylic acids is 1. The number of fused-ring (bicyclic) bond motifs is 1.